The van der Waals surface area contributed by atoms with Gasteiger partial charge in [0.15, 0.2) is 5.69 Å². The number of nitrogens with zero attached hydrogens (tertiary/aromatic N) is 2. The van der Waals surface area contributed by atoms with Gasteiger partial charge in [0.1, 0.15) is 0 Å². The van der Waals surface area contributed by atoms with Crippen molar-refractivity contribution in [1.82, 2.24) is 9.88 Å². The normalized spacial score (nSPS) is 19.1. The van der Waals surface area contributed by atoms with E-state index >= 15 is 0 Å². The third kappa shape index (κ3) is 3.44. The molecule has 0 unspecified atom stereocenters. The second-order valence-electron chi connectivity index (χ2n) is 5.67. The zero-order valence-corrected chi connectivity index (χ0v) is 11.5. The van der Waals surface area contributed by atoms with Crippen LogP contribution in [0, 0.1) is 5.41 Å². The Morgan fingerprint density at radius 1 is 1.53 bits per heavy atom. The minimum atomic E-state index is -0.989. The molecule has 0 saturated carbocycles. The summed E-state index contributed by atoms with van der Waals surface area (Å²) < 4.78 is 0. The summed E-state index contributed by atoms with van der Waals surface area (Å²) in [6, 6.07) is 3.53. The van der Waals surface area contributed by atoms with E-state index in [2.05, 4.69) is 29.2 Å². The Bertz CT molecular complexity index is 454. The molecule has 5 heteroatoms. The van der Waals surface area contributed by atoms with Gasteiger partial charge in [-0.25, -0.2) is 9.78 Å². The standard InChI is InChI=1S/C14H21N3O2/c1-14(5-8-17(2)9-6-14)10-16-11-4-3-7-15-12(11)13(18)19/h3-4,7,16H,5-6,8-10H2,1-2H3,(H,18,19). The third-order valence-corrected chi connectivity index (χ3v) is 3.91. The Kier molecular flexibility index (Phi) is 4.04. The molecule has 5 nitrogen and oxygen atoms in total. The molecule has 1 aliphatic heterocycles. The SMILES string of the molecule is CN1CCC(C)(CNc2cccnc2C(=O)O)CC1. The minimum absolute atomic E-state index is 0.0963. The summed E-state index contributed by atoms with van der Waals surface area (Å²) in [5.41, 5.74) is 0.923. The number of likely N-dealkylation sites (tertiary alicyclic amines) is 1. The predicted octanol–water partition coefficient (Wildman–Crippen LogP) is 1.92. The van der Waals surface area contributed by atoms with Crippen molar-refractivity contribution in [2.24, 2.45) is 5.41 Å². The van der Waals surface area contributed by atoms with Crippen LogP contribution in [-0.2, 0) is 0 Å². The number of hydrogen-bond donors (Lipinski definition) is 2. The van der Waals surface area contributed by atoms with E-state index in [0.717, 1.165) is 32.5 Å². The van der Waals surface area contributed by atoms with E-state index in [1.54, 1.807) is 12.1 Å². The van der Waals surface area contributed by atoms with Crippen LogP contribution in [0.1, 0.15) is 30.3 Å². The number of piperidine rings is 1. The highest BCUT2D eigenvalue weighted by Crippen LogP contribution is 2.30. The molecule has 0 radical (unpaired) electrons. The Labute approximate surface area is 113 Å². The van der Waals surface area contributed by atoms with Crippen LogP contribution in [0.2, 0.25) is 0 Å². The number of pyridine rings is 1. The first-order valence-corrected chi connectivity index (χ1v) is 6.61. The smallest absolute Gasteiger partial charge is 0.356 e. The number of aromatic nitrogens is 1. The van der Waals surface area contributed by atoms with Gasteiger partial charge in [-0.1, -0.05) is 6.92 Å². The second kappa shape index (κ2) is 5.57. The number of rotatable bonds is 4. The van der Waals surface area contributed by atoms with Crippen molar-refractivity contribution in [1.29, 1.82) is 0 Å². The molecule has 0 bridgehead atoms. The van der Waals surface area contributed by atoms with Crippen LogP contribution in [-0.4, -0.2) is 47.6 Å². The van der Waals surface area contributed by atoms with Crippen molar-refractivity contribution in [2.75, 3.05) is 32.0 Å². The molecule has 1 saturated heterocycles. The van der Waals surface area contributed by atoms with E-state index < -0.39 is 5.97 Å². The number of carboxylic acids is 1. The van der Waals surface area contributed by atoms with Gasteiger partial charge in [-0.3, -0.25) is 0 Å². The van der Waals surface area contributed by atoms with Crippen molar-refractivity contribution < 1.29 is 9.90 Å². The fourth-order valence-electron chi connectivity index (χ4n) is 2.36. The first-order chi connectivity index (χ1) is 9.00. The summed E-state index contributed by atoms with van der Waals surface area (Å²) in [4.78, 5) is 17.3. The molecule has 0 aliphatic carbocycles. The molecule has 1 aromatic heterocycles. The van der Waals surface area contributed by atoms with Crippen molar-refractivity contribution in [3.63, 3.8) is 0 Å². The van der Waals surface area contributed by atoms with Gasteiger partial charge in [0.2, 0.25) is 0 Å². The van der Waals surface area contributed by atoms with Gasteiger partial charge >= 0.3 is 5.97 Å². The van der Waals surface area contributed by atoms with Crippen LogP contribution in [0.5, 0.6) is 0 Å². The lowest BCUT2D eigenvalue weighted by Gasteiger charge is -2.38. The van der Waals surface area contributed by atoms with Crippen molar-refractivity contribution >= 4 is 11.7 Å². The number of nitrogens with one attached hydrogen (secondary N) is 1. The van der Waals surface area contributed by atoms with Crippen LogP contribution in [0.4, 0.5) is 5.69 Å². The number of hydrogen-bond acceptors (Lipinski definition) is 4. The Balaban J connectivity index is 2.01. The van der Waals surface area contributed by atoms with Gasteiger partial charge in [0.25, 0.3) is 0 Å². The third-order valence-electron chi connectivity index (χ3n) is 3.91. The molecule has 2 heterocycles. The zero-order valence-electron chi connectivity index (χ0n) is 11.5. The van der Waals surface area contributed by atoms with Gasteiger partial charge in [-0.2, -0.15) is 0 Å². The van der Waals surface area contributed by atoms with E-state index in [4.69, 9.17) is 5.11 Å². The van der Waals surface area contributed by atoms with Gasteiger partial charge in [-0.05, 0) is 50.5 Å². The first kappa shape index (κ1) is 13.8. The van der Waals surface area contributed by atoms with Gasteiger partial charge in [-0.15, -0.1) is 0 Å². The van der Waals surface area contributed by atoms with Crippen LogP contribution >= 0.6 is 0 Å². The molecule has 1 aliphatic rings. The van der Waals surface area contributed by atoms with E-state index in [1.807, 2.05) is 0 Å². The molecular formula is C14H21N3O2. The van der Waals surface area contributed by atoms with Crippen LogP contribution in [0.25, 0.3) is 0 Å². The summed E-state index contributed by atoms with van der Waals surface area (Å²) in [5.74, 6) is -0.989. The number of carbonyl (C=O) groups is 1. The van der Waals surface area contributed by atoms with E-state index in [0.29, 0.717) is 5.69 Å². The molecule has 0 amide bonds. The largest absolute Gasteiger partial charge is 0.476 e. The topological polar surface area (TPSA) is 65.5 Å². The maximum Gasteiger partial charge on any atom is 0.356 e. The van der Waals surface area contributed by atoms with Crippen LogP contribution < -0.4 is 5.32 Å². The molecule has 1 aromatic rings. The zero-order chi connectivity index (χ0) is 13.9. The minimum Gasteiger partial charge on any atom is -0.476 e. The van der Waals surface area contributed by atoms with Crippen LogP contribution in [0.15, 0.2) is 18.3 Å². The lowest BCUT2D eigenvalue weighted by Crippen LogP contribution is -2.40. The quantitative estimate of drug-likeness (QED) is 0.869. The molecular weight excluding hydrogens is 242 g/mol. The average molecular weight is 263 g/mol. The summed E-state index contributed by atoms with van der Waals surface area (Å²) in [7, 11) is 2.14. The molecule has 0 spiro atoms. The Hall–Kier alpha value is -1.62. The highest BCUT2D eigenvalue weighted by molar-refractivity contribution is 5.91. The molecule has 1 fully saturated rings. The van der Waals surface area contributed by atoms with E-state index in [-0.39, 0.29) is 11.1 Å². The van der Waals surface area contributed by atoms with Gasteiger partial charge in [0, 0.05) is 12.7 Å². The number of aromatic carboxylic acids is 1. The fourth-order valence-corrected chi connectivity index (χ4v) is 2.36. The second-order valence-corrected chi connectivity index (χ2v) is 5.67. The number of anilines is 1. The van der Waals surface area contributed by atoms with Crippen molar-refractivity contribution in [2.45, 2.75) is 19.8 Å². The summed E-state index contributed by atoms with van der Waals surface area (Å²) in [5, 5.41) is 12.4. The predicted molar refractivity (Wildman–Crippen MR) is 74.5 cm³/mol. The van der Waals surface area contributed by atoms with Gasteiger partial charge < -0.3 is 15.3 Å². The van der Waals surface area contributed by atoms with E-state index in [9.17, 15) is 4.79 Å². The lowest BCUT2D eigenvalue weighted by molar-refractivity contribution is 0.0691. The maximum absolute atomic E-state index is 11.1. The van der Waals surface area contributed by atoms with Crippen LogP contribution in [0.3, 0.4) is 0 Å². The highest BCUT2D eigenvalue weighted by Gasteiger charge is 2.29. The molecule has 2 N–H and O–H groups in total. The average Bonchev–Trinajstić information content (AvgIpc) is 2.41. The molecule has 104 valence electrons. The molecule has 0 atom stereocenters. The monoisotopic (exact) mass is 263 g/mol. The summed E-state index contributed by atoms with van der Waals surface area (Å²) in [6.45, 7) is 5.23. The summed E-state index contributed by atoms with van der Waals surface area (Å²) >= 11 is 0. The van der Waals surface area contributed by atoms with Crippen molar-refractivity contribution in [3.05, 3.63) is 24.0 Å². The first-order valence-electron chi connectivity index (χ1n) is 6.61. The fraction of sp³-hybridized carbons (Fsp3) is 0.571. The lowest BCUT2D eigenvalue weighted by atomic mass is 9.80. The molecule has 19 heavy (non-hydrogen) atoms. The van der Waals surface area contributed by atoms with Crippen molar-refractivity contribution in [3.8, 4) is 0 Å². The van der Waals surface area contributed by atoms with E-state index in [1.165, 1.54) is 6.20 Å². The molecule has 0 aromatic carbocycles. The maximum atomic E-state index is 11.1. The van der Waals surface area contributed by atoms with Gasteiger partial charge in [0.05, 0.1) is 5.69 Å². The summed E-state index contributed by atoms with van der Waals surface area (Å²) in [6.07, 6.45) is 3.75. The number of carboxylic acid groups (broad SMARTS) is 1. The highest BCUT2D eigenvalue weighted by atomic mass is 16.4. The molecule has 2 rings (SSSR count). The Morgan fingerprint density at radius 3 is 2.84 bits per heavy atom. The Morgan fingerprint density at radius 2 is 2.21 bits per heavy atom.